The van der Waals surface area contributed by atoms with Gasteiger partial charge in [0.2, 0.25) is 10.0 Å². The molecule has 1 aromatic carbocycles. The van der Waals surface area contributed by atoms with Gasteiger partial charge in [-0.2, -0.15) is 0 Å². The first-order chi connectivity index (χ1) is 9.29. The summed E-state index contributed by atoms with van der Waals surface area (Å²) in [6.07, 6.45) is 0.350. The van der Waals surface area contributed by atoms with Gasteiger partial charge in [0, 0.05) is 6.54 Å². The van der Waals surface area contributed by atoms with Crippen LogP contribution in [-0.2, 0) is 16.6 Å². The summed E-state index contributed by atoms with van der Waals surface area (Å²) in [7, 11) is -3.49. The quantitative estimate of drug-likeness (QED) is 0.843. The van der Waals surface area contributed by atoms with Gasteiger partial charge in [0.05, 0.1) is 16.8 Å². The highest BCUT2D eigenvalue weighted by molar-refractivity contribution is 7.89. The summed E-state index contributed by atoms with van der Waals surface area (Å²) in [6.45, 7) is 2.17. The summed E-state index contributed by atoms with van der Waals surface area (Å²) in [4.78, 5) is 15.4. The van der Waals surface area contributed by atoms with Gasteiger partial charge in [-0.3, -0.25) is 0 Å². The summed E-state index contributed by atoms with van der Waals surface area (Å²) in [5.41, 5.74) is 1.22. The lowest BCUT2D eigenvalue weighted by molar-refractivity contribution is 0.0699. The number of carbonyl (C=O) groups is 1. The number of nitrogens with zero attached hydrogens (tertiary/aromatic N) is 2. The molecule has 0 bridgehead atoms. The second-order valence-electron chi connectivity index (χ2n) is 4.51. The van der Waals surface area contributed by atoms with Crippen LogP contribution in [0.2, 0.25) is 0 Å². The summed E-state index contributed by atoms with van der Waals surface area (Å²) >= 11 is 0. The van der Waals surface area contributed by atoms with Crippen molar-refractivity contribution in [3.63, 3.8) is 0 Å². The van der Waals surface area contributed by atoms with E-state index in [4.69, 9.17) is 10.2 Å². The SMILES string of the molecule is Cc1nc2c(C(=O)O)cccc2n1CCCS(N)(=O)=O. The standard InChI is InChI=1S/C12H15N3O4S/c1-8-14-11-9(12(16)17)4-2-5-10(11)15(8)6-3-7-20(13,18)19/h2,4-5H,3,6-7H2,1H3,(H,16,17)(H2,13,18,19). The number of aryl methyl sites for hydroxylation is 2. The van der Waals surface area contributed by atoms with Crippen LogP contribution < -0.4 is 5.14 Å². The molecule has 2 rings (SSSR count). The fraction of sp³-hybridized carbons (Fsp3) is 0.333. The predicted molar refractivity (Wildman–Crippen MR) is 74.0 cm³/mol. The first-order valence-corrected chi connectivity index (χ1v) is 7.71. The number of hydrogen-bond acceptors (Lipinski definition) is 4. The minimum absolute atomic E-state index is 0.120. The monoisotopic (exact) mass is 297 g/mol. The number of benzene rings is 1. The number of para-hydroxylation sites is 1. The van der Waals surface area contributed by atoms with Gasteiger partial charge in [0.1, 0.15) is 11.3 Å². The minimum atomic E-state index is -3.49. The third kappa shape index (κ3) is 2.97. The maximum atomic E-state index is 11.1. The Morgan fingerprint density at radius 1 is 1.45 bits per heavy atom. The topological polar surface area (TPSA) is 115 Å². The molecule has 0 radical (unpaired) electrons. The van der Waals surface area contributed by atoms with E-state index in [2.05, 4.69) is 4.98 Å². The molecule has 0 unspecified atom stereocenters. The zero-order chi connectivity index (χ0) is 14.9. The maximum Gasteiger partial charge on any atom is 0.337 e. The lowest BCUT2D eigenvalue weighted by Crippen LogP contribution is -2.18. The van der Waals surface area contributed by atoms with Gasteiger partial charge in [0.15, 0.2) is 0 Å². The molecule has 8 heteroatoms. The molecule has 1 heterocycles. The lowest BCUT2D eigenvalue weighted by Gasteiger charge is -2.06. The van der Waals surface area contributed by atoms with Crippen molar-refractivity contribution >= 4 is 27.0 Å². The maximum absolute atomic E-state index is 11.1. The fourth-order valence-corrected chi connectivity index (χ4v) is 2.67. The van der Waals surface area contributed by atoms with Crippen LogP contribution in [0.15, 0.2) is 18.2 Å². The van der Waals surface area contributed by atoms with Crippen molar-refractivity contribution in [2.75, 3.05) is 5.75 Å². The zero-order valence-corrected chi connectivity index (χ0v) is 11.7. The predicted octanol–water partition coefficient (Wildman–Crippen LogP) is 0.722. The van der Waals surface area contributed by atoms with E-state index in [1.807, 2.05) is 0 Å². The number of carboxylic acids is 1. The van der Waals surface area contributed by atoms with E-state index in [9.17, 15) is 13.2 Å². The molecular weight excluding hydrogens is 282 g/mol. The number of carboxylic acid groups (broad SMARTS) is 1. The Kier molecular flexibility index (Phi) is 3.78. The second-order valence-corrected chi connectivity index (χ2v) is 6.24. The van der Waals surface area contributed by atoms with Crippen LogP contribution in [0.3, 0.4) is 0 Å². The van der Waals surface area contributed by atoms with Crippen molar-refractivity contribution in [3.05, 3.63) is 29.6 Å². The van der Waals surface area contributed by atoms with Crippen molar-refractivity contribution in [3.8, 4) is 0 Å². The molecule has 108 valence electrons. The third-order valence-corrected chi connectivity index (χ3v) is 3.87. The van der Waals surface area contributed by atoms with E-state index < -0.39 is 16.0 Å². The number of primary sulfonamides is 1. The molecule has 0 spiro atoms. The largest absolute Gasteiger partial charge is 0.478 e. The zero-order valence-electron chi connectivity index (χ0n) is 10.9. The van der Waals surface area contributed by atoms with E-state index in [-0.39, 0.29) is 11.3 Å². The average molecular weight is 297 g/mol. The molecule has 0 fully saturated rings. The van der Waals surface area contributed by atoms with Gasteiger partial charge >= 0.3 is 5.97 Å². The van der Waals surface area contributed by atoms with Crippen LogP contribution >= 0.6 is 0 Å². The molecular formula is C12H15N3O4S. The number of aromatic carboxylic acids is 1. The number of sulfonamides is 1. The van der Waals surface area contributed by atoms with E-state index in [1.165, 1.54) is 6.07 Å². The first-order valence-electron chi connectivity index (χ1n) is 5.99. The van der Waals surface area contributed by atoms with Crippen LogP contribution in [0.25, 0.3) is 11.0 Å². The van der Waals surface area contributed by atoms with E-state index in [0.29, 0.717) is 29.8 Å². The minimum Gasteiger partial charge on any atom is -0.478 e. The van der Waals surface area contributed by atoms with Crippen LogP contribution in [0.4, 0.5) is 0 Å². The molecule has 2 aromatic rings. The van der Waals surface area contributed by atoms with Crippen molar-refractivity contribution in [1.29, 1.82) is 0 Å². The lowest BCUT2D eigenvalue weighted by atomic mass is 10.2. The number of hydrogen-bond donors (Lipinski definition) is 2. The van der Waals surface area contributed by atoms with Crippen molar-refractivity contribution in [2.24, 2.45) is 5.14 Å². The molecule has 0 aliphatic carbocycles. The van der Waals surface area contributed by atoms with Gasteiger partial charge in [0.25, 0.3) is 0 Å². The average Bonchev–Trinajstić information content (AvgIpc) is 2.64. The Labute approximate surface area is 116 Å². The molecule has 20 heavy (non-hydrogen) atoms. The number of rotatable bonds is 5. The molecule has 0 atom stereocenters. The summed E-state index contributed by atoms with van der Waals surface area (Å²) in [6, 6.07) is 4.90. The van der Waals surface area contributed by atoms with Gasteiger partial charge < -0.3 is 9.67 Å². The van der Waals surface area contributed by atoms with Crippen LogP contribution in [-0.4, -0.2) is 34.8 Å². The molecule has 0 saturated carbocycles. The second kappa shape index (κ2) is 5.22. The van der Waals surface area contributed by atoms with Crippen molar-refractivity contribution < 1.29 is 18.3 Å². The normalized spacial score (nSPS) is 11.9. The smallest absolute Gasteiger partial charge is 0.337 e. The van der Waals surface area contributed by atoms with Crippen molar-refractivity contribution in [1.82, 2.24) is 9.55 Å². The number of fused-ring (bicyclic) bond motifs is 1. The summed E-state index contributed by atoms with van der Waals surface area (Å²) in [5.74, 6) is -0.516. The van der Waals surface area contributed by atoms with Crippen molar-refractivity contribution in [2.45, 2.75) is 19.9 Å². The Hall–Kier alpha value is -1.93. The number of aromatic nitrogens is 2. The molecule has 0 amide bonds. The fourth-order valence-electron chi connectivity index (χ4n) is 2.14. The Morgan fingerprint density at radius 2 is 2.15 bits per heavy atom. The van der Waals surface area contributed by atoms with Gasteiger partial charge in [-0.1, -0.05) is 6.07 Å². The van der Waals surface area contributed by atoms with E-state index in [1.54, 1.807) is 23.6 Å². The highest BCUT2D eigenvalue weighted by atomic mass is 32.2. The van der Waals surface area contributed by atoms with Gasteiger partial charge in [-0.15, -0.1) is 0 Å². The highest BCUT2D eigenvalue weighted by Crippen LogP contribution is 2.20. The van der Waals surface area contributed by atoms with Crippen LogP contribution in [0, 0.1) is 6.92 Å². The molecule has 7 nitrogen and oxygen atoms in total. The Morgan fingerprint density at radius 3 is 2.75 bits per heavy atom. The summed E-state index contributed by atoms with van der Waals surface area (Å²) < 4.78 is 23.7. The molecule has 3 N–H and O–H groups in total. The van der Waals surface area contributed by atoms with Gasteiger partial charge in [-0.25, -0.2) is 23.3 Å². The first kappa shape index (κ1) is 14.5. The third-order valence-electron chi connectivity index (χ3n) is 3.01. The molecule has 1 aromatic heterocycles. The number of imidazole rings is 1. The van der Waals surface area contributed by atoms with Gasteiger partial charge in [-0.05, 0) is 25.5 Å². The van der Waals surface area contributed by atoms with Crippen LogP contribution in [0.5, 0.6) is 0 Å². The highest BCUT2D eigenvalue weighted by Gasteiger charge is 2.15. The number of nitrogens with two attached hydrogens (primary N) is 1. The summed E-state index contributed by atoms with van der Waals surface area (Å²) in [5, 5.41) is 14.1. The van der Waals surface area contributed by atoms with E-state index >= 15 is 0 Å². The molecule has 0 aliphatic rings. The molecule has 0 aliphatic heterocycles. The Bertz CT molecular complexity index is 764. The Balaban J connectivity index is 2.37. The van der Waals surface area contributed by atoms with E-state index in [0.717, 1.165) is 0 Å². The van der Waals surface area contributed by atoms with Crippen LogP contribution in [0.1, 0.15) is 22.6 Å². The molecule has 0 saturated heterocycles.